The van der Waals surface area contributed by atoms with Crippen LogP contribution < -0.4 is 10.1 Å². The van der Waals surface area contributed by atoms with E-state index in [0.29, 0.717) is 22.7 Å². The zero-order chi connectivity index (χ0) is 13.0. The molecule has 2 aromatic rings. The summed E-state index contributed by atoms with van der Waals surface area (Å²) in [5, 5.41) is 3.01. The summed E-state index contributed by atoms with van der Waals surface area (Å²) in [6, 6.07) is 6.99. The molecule has 0 unspecified atom stereocenters. The highest BCUT2D eigenvalue weighted by atomic mass is 79.9. The predicted octanol–water partition coefficient (Wildman–Crippen LogP) is 3.00. The molecule has 0 bridgehead atoms. The first kappa shape index (κ1) is 12.8. The SMILES string of the molecule is COc1ncccc1CNc1ccc(Br)c(F)n1. The molecule has 1 N–H and O–H groups in total. The van der Waals surface area contributed by atoms with Crippen LogP contribution in [0, 0.1) is 5.95 Å². The number of nitrogens with zero attached hydrogens (tertiary/aromatic N) is 2. The van der Waals surface area contributed by atoms with Gasteiger partial charge in [0.1, 0.15) is 5.82 Å². The summed E-state index contributed by atoms with van der Waals surface area (Å²) in [7, 11) is 1.56. The molecule has 0 aliphatic rings. The number of nitrogens with one attached hydrogen (secondary N) is 1. The molecular weight excluding hydrogens is 301 g/mol. The Morgan fingerprint density at radius 2 is 2.22 bits per heavy atom. The van der Waals surface area contributed by atoms with E-state index < -0.39 is 5.95 Å². The molecule has 18 heavy (non-hydrogen) atoms. The standard InChI is InChI=1S/C12H11BrFN3O/c1-18-12-8(3-2-6-15-12)7-16-10-5-4-9(13)11(14)17-10/h2-6H,7H2,1H3,(H,16,17). The van der Waals surface area contributed by atoms with Crippen LogP contribution in [0.3, 0.4) is 0 Å². The van der Waals surface area contributed by atoms with E-state index in [1.165, 1.54) is 0 Å². The van der Waals surface area contributed by atoms with Crippen LogP contribution in [0.5, 0.6) is 5.88 Å². The monoisotopic (exact) mass is 311 g/mol. The van der Waals surface area contributed by atoms with Crippen LogP contribution in [0.4, 0.5) is 10.2 Å². The number of hydrogen-bond donors (Lipinski definition) is 1. The second kappa shape index (κ2) is 5.77. The fourth-order valence-corrected chi connectivity index (χ4v) is 1.66. The molecule has 0 spiro atoms. The van der Waals surface area contributed by atoms with Gasteiger partial charge >= 0.3 is 0 Å². The van der Waals surface area contributed by atoms with E-state index in [0.717, 1.165) is 5.56 Å². The Labute approximate surface area is 112 Å². The summed E-state index contributed by atoms with van der Waals surface area (Å²) in [6.45, 7) is 0.463. The van der Waals surface area contributed by atoms with Crippen LogP contribution in [0.1, 0.15) is 5.56 Å². The van der Waals surface area contributed by atoms with Gasteiger partial charge < -0.3 is 10.1 Å². The molecule has 0 fully saturated rings. The normalized spacial score (nSPS) is 10.2. The minimum atomic E-state index is -0.543. The van der Waals surface area contributed by atoms with Crippen molar-refractivity contribution >= 4 is 21.7 Å². The molecule has 0 aliphatic heterocycles. The maximum absolute atomic E-state index is 13.2. The zero-order valence-electron chi connectivity index (χ0n) is 9.65. The van der Waals surface area contributed by atoms with Gasteiger partial charge in [0.2, 0.25) is 11.8 Å². The van der Waals surface area contributed by atoms with E-state index in [1.807, 2.05) is 12.1 Å². The third-order valence-corrected chi connectivity index (χ3v) is 2.90. The van der Waals surface area contributed by atoms with Crippen LogP contribution in [-0.4, -0.2) is 17.1 Å². The van der Waals surface area contributed by atoms with Crippen molar-refractivity contribution in [3.8, 4) is 5.88 Å². The lowest BCUT2D eigenvalue weighted by atomic mass is 10.2. The summed E-state index contributed by atoms with van der Waals surface area (Å²) in [5.41, 5.74) is 0.880. The van der Waals surface area contributed by atoms with Gasteiger partial charge in [-0.25, -0.2) is 9.97 Å². The van der Waals surface area contributed by atoms with E-state index in [4.69, 9.17) is 4.74 Å². The third kappa shape index (κ3) is 2.95. The Balaban J connectivity index is 2.09. The number of anilines is 1. The number of methoxy groups -OCH3 is 1. The number of pyridine rings is 2. The molecule has 0 saturated carbocycles. The van der Waals surface area contributed by atoms with Crippen molar-refractivity contribution in [2.75, 3.05) is 12.4 Å². The first-order chi connectivity index (χ1) is 8.70. The van der Waals surface area contributed by atoms with Crippen molar-refractivity contribution in [1.29, 1.82) is 0 Å². The molecule has 2 heterocycles. The minimum absolute atomic E-state index is 0.340. The first-order valence-corrected chi connectivity index (χ1v) is 6.04. The van der Waals surface area contributed by atoms with Crippen LogP contribution in [0.15, 0.2) is 34.9 Å². The Morgan fingerprint density at radius 1 is 1.39 bits per heavy atom. The van der Waals surface area contributed by atoms with Crippen molar-refractivity contribution in [1.82, 2.24) is 9.97 Å². The Bertz CT molecular complexity index is 551. The van der Waals surface area contributed by atoms with Crippen molar-refractivity contribution < 1.29 is 9.13 Å². The molecule has 0 atom stereocenters. The summed E-state index contributed by atoms with van der Waals surface area (Å²) < 4.78 is 18.7. The van der Waals surface area contributed by atoms with Gasteiger partial charge in [0.25, 0.3) is 0 Å². The Hall–Kier alpha value is -1.69. The molecule has 0 aliphatic carbocycles. The second-order valence-electron chi connectivity index (χ2n) is 3.49. The largest absolute Gasteiger partial charge is 0.481 e. The van der Waals surface area contributed by atoms with E-state index in [-0.39, 0.29) is 0 Å². The molecule has 0 aromatic carbocycles. The Kier molecular flexibility index (Phi) is 4.09. The van der Waals surface area contributed by atoms with Gasteiger partial charge in [0, 0.05) is 18.3 Å². The van der Waals surface area contributed by atoms with Gasteiger partial charge in [-0.3, -0.25) is 0 Å². The van der Waals surface area contributed by atoms with Gasteiger partial charge in [-0.2, -0.15) is 4.39 Å². The molecule has 0 amide bonds. The molecule has 94 valence electrons. The van der Waals surface area contributed by atoms with Crippen LogP contribution in [0.25, 0.3) is 0 Å². The topological polar surface area (TPSA) is 47.0 Å². The van der Waals surface area contributed by atoms with E-state index in [2.05, 4.69) is 31.2 Å². The average Bonchev–Trinajstić information content (AvgIpc) is 2.40. The van der Waals surface area contributed by atoms with E-state index in [9.17, 15) is 4.39 Å². The van der Waals surface area contributed by atoms with Gasteiger partial charge in [-0.05, 0) is 34.1 Å². The minimum Gasteiger partial charge on any atom is -0.481 e. The highest BCUT2D eigenvalue weighted by Crippen LogP contribution is 2.18. The average molecular weight is 312 g/mol. The smallest absolute Gasteiger partial charge is 0.229 e. The summed E-state index contributed by atoms with van der Waals surface area (Å²) in [5.74, 6) is 0.461. The van der Waals surface area contributed by atoms with E-state index in [1.54, 1.807) is 25.4 Å². The molecule has 6 heteroatoms. The molecule has 2 rings (SSSR count). The maximum atomic E-state index is 13.2. The Morgan fingerprint density at radius 3 is 2.94 bits per heavy atom. The first-order valence-electron chi connectivity index (χ1n) is 5.24. The van der Waals surface area contributed by atoms with Crippen LogP contribution >= 0.6 is 15.9 Å². The van der Waals surface area contributed by atoms with Gasteiger partial charge in [-0.15, -0.1) is 0 Å². The zero-order valence-corrected chi connectivity index (χ0v) is 11.2. The van der Waals surface area contributed by atoms with Crippen molar-refractivity contribution in [3.63, 3.8) is 0 Å². The highest BCUT2D eigenvalue weighted by Gasteiger charge is 2.05. The molecule has 2 aromatic heterocycles. The predicted molar refractivity (Wildman–Crippen MR) is 70.0 cm³/mol. The molecular formula is C12H11BrFN3O. The lowest BCUT2D eigenvalue weighted by molar-refractivity contribution is 0.393. The lowest BCUT2D eigenvalue weighted by Gasteiger charge is -2.09. The molecule has 0 radical (unpaired) electrons. The lowest BCUT2D eigenvalue weighted by Crippen LogP contribution is -2.04. The number of ether oxygens (including phenoxy) is 1. The summed E-state index contributed by atoms with van der Waals surface area (Å²) in [6.07, 6.45) is 1.65. The fourth-order valence-electron chi connectivity index (χ4n) is 1.44. The third-order valence-electron chi connectivity index (χ3n) is 2.31. The van der Waals surface area contributed by atoms with Crippen molar-refractivity contribution in [3.05, 3.63) is 46.4 Å². The van der Waals surface area contributed by atoms with Crippen LogP contribution in [-0.2, 0) is 6.54 Å². The second-order valence-corrected chi connectivity index (χ2v) is 4.35. The number of aromatic nitrogens is 2. The van der Waals surface area contributed by atoms with Gasteiger partial charge in [-0.1, -0.05) is 6.07 Å². The fraction of sp³-hybridized carbons (Fsp3) is 0.167. The van der Waals surface area contributed by atoms with Crippen molar-refractivity contribution in [2.24, 2.45) is 0 Å². The van der Waals surface area contributed by atoms with Crippen LogP contribution in [0.2, 0.25) is 0 Å². The summed E-state index contributed by atoms with van der Waals surface area (Å²) in [4.78, 5) is 7.83. The number of hydrogen-bond acceptors (Lipinski definition) is 4. The van der Waals surface area contributed by atoms with Gasteiger partial charge in [0.05, 0.1) is 11.6 Å². The number of halogens is 2. The molecule has 0 saturated heterocycles. The van der Waals surface area contributed by atoms with Crippen molar-refractivity contribution in [2.45, 2.75) is 6.54 Å². The quantitative estimate of drug-likeness (QED) is 0.882. The highest BCUT2D eigenvalue weighted by molar-refractivity contribution is 9.10. The van der Waals surface area contributed by atoms with Gasteiger partial charge in [0.15, 0.2) is 0 Å². The summed E-state index contributed by atoms with van der Waals surface area (Å²) >= 11 is 3.05. The number of rotatable bonds is 4. The maximum Gasteiger partial charge on any atom is 0.229 e. The molecule has 4 nitrogen and oxygen atoms in total. The van der Waals surface area contributed by atoms with E-state index >= 15 is 0 Å².